The van der Waals surface area contributed by atoms with Crippen molar-refractivity contribution in [2.75, 3.05) is 25.5 Å². The zero-order valence-electron chi connectivity index (χ0n) is 17.3. The summed E-state index contributed by atoms with van der Waals surface area (Å²) in [4.78, 5) is 19.5. The van der Waals surface area contributed by atoms with Gasteiger partial charge in [0.1, 0.15) is 5.75 Å². The second kappa shape index (κ2) is 9.09. The van der Waals surface area contributed by atoms with Crippen LogP contribution in [0.25, 0.3) is 11.4 Å². The lowest BCUT2D eigenvalue weighted by molar-refractivity contribution is -0.121. The minimum Gasteiger partial charge on any atom is -0.495 e. The van der Waals surface area contributed by atoms with Crippen LogP contribution in [0.5, 0.6) is 5.75 Å². The highest BCUT2D eigenvalue weighted by Crippen LogP contribution is 2.26. The lowest BCUT2D eigenvalue weighted by Gasteiger charge is -2.30. The van der Waals surface area contributed by atoms with Gasteiger partial charge in [-0.2, -0.15) is 4.98 Å². The van der Waals surface area contributed by atoms with Crippen molar-refractivity contribution < 1.29 is 14.1 Å². The van der Waals surface area contributed by atoms with Crippen LogP contribution >= 0.6 is 0 Å². The quantitative estimate of drug-likeness (QED) is 0.669. The Morgan fingerprint density at radius 1 is 1.17 bits per heavy atom. The number of anilines is 1. The summed E-state index contributed by atoms with van der Waals surface area (Å²) in [5, 5.41) is 7.13. The summed E-state index contributed by atoms with van der Waals surface area (Å²) < 4.78 is 10.8. The Morgan fingerprint density at radius 2 is 1.90 bits per heavy atom. The molecule has 7 nitrogen and oxygen atoms in total. The highest BCUT2D eigenvalue weighted by atomic mass is 16.5. The molecule has 1 amide bonds. The first kappa shape index (κ1) is 20.1. The molecule has 3 aromatic rings. The summed E-state index contributed by atoms with van der Waals surface area (Å²) in [5.74, 6) is 1.92. The average Bonchev–Trinajstić information content (AvgIpc) is 3.23. The number of nitrogens with zero attached hydrogens (tertiary/aromatic N) is 3. The highest BCUT2D eigenvalue weighted by molar-refractivity contribution is 5.94. The molecule has 0 atom stereocenters. The zero-order chi connectivity index (χ0) is 20.9. The van der Waals surface area contributed by atoms with Gasteiger partial charge in [0.15, 0.2) is 0 Å². The van der Waals surface area contributed by atoms with E-state index >= 15 is 0 Å². The van der Waals surface area contributed by atoms with Crippen molar-refractivity contribution in [2.24, 2.45) is 5.92 Å². The maximum atomic E-state index is 12.7. The molecule has 156 valence electrons. The number of nitrogens with one attached hydrogen (secondary N) is 1. The summed E-state index contributed by atoms with van der Waals surface area (Å²) >= 11 is 0. The van der Waals surface area contributed by atoms with Crippen molar-refractivity contribution in [1.82, 2.24) is 15.0 Å². The Morgan fingerprint density at radius 3 is 2.67 bits per heavy atom. The molecule has 1 saturated heterocycles. The molecule has 0 spiro atoms. The molecule has 30 heavy (non-hydrogen) atoms. The number of benzene rings is 2. The van der Waals surface area contributed by atoms with Gasteiger partial charge in [0.25, 0.3) is 0 Å². The predicted octanol–water partition coefficient (Wildman–Crippen LogP) is 3.90. The van der Waals surface area contributed by atoms with Crippen molar-refractivity contribution in [2.45, 2.75) is 26.3 Å². The van der Waals surface area contributed by atoms with Crippen LogP contribution in [-0.2, 0) is 11.3 Å². The molecule has 1 aliphatic rings. The molecule has 4 rings (SSSR count). The molecule has 1 N–H and O–H groups in total. The number of para-hydroxylation sites is 2. The third-order valence-electron chi connectivity index (χ3n) is 5.54. The molecule has 0 bridgehead atoms. The third-order valence-corrected chi connectivity index (χ3v) is 5.54. The summed E-state index contributed by atoms with van der Waals surface area (Å²) in [6, 6.07) is 15.5. The molecule has 1 aliphatic heterocycles. The van der Waals surface area contributed by atoms with Crippen LogP contribution in [0.3, 0.4) is 0 Å². The first-order valence-corrected chi connectivity index (χ1v) is 10.2. The fraction of sp³-hybridized carbons (Fsp3) is 0.348. The molecule has 0 aliphatic carbocycles. The number of ether oxygens (including phenoxy) is 1. The van der Waals surface area contributed by atoms with E-state index in [0.29, 0.717) is 29.7 Å². The van der Waals surface area contributed by atoms with Crippen molar-refractivity contribution in [3.8, 4) is 17.1 Å². The summed E-state index contributed by atoms with van der Waals surface area (Å²) in [7, 11) is 1.60. The maximum Gasteiger partial charge on any atom is 0.241 e. The standard InChI is InChI=1S/C23H26N4O3/c1-16-7-3-4-8-18(16)22-25-21(30-26-22)15-27-13-11-17(12-14-27)23(28)24-19-9-5-6-10-20(19)29-2/h3-10,17H,11-15H2,1-2H3,(H,24,28). The van der Waals surface area contributed by atoms with Crippen LogP contribution in [0.15, 0.2) is 53.1 Å². The molecule has 0 radical (unpaired) electrons. The van der Waals surface area contributed by atoms with Gasteiger partial charge < -0.3 is 14.6 Å². The number of aromatic nitrogens is 2. The van der Waals surface area contributed by atoms with Crippen LogP contribution in [0, 0.1) is 12.8 Å². The second-order valence-corrected chi connectivity index (χ2v) is 7.57. The van der Waals surface area contributed by atoms with Gasteiger partial charge >= 0.3 is 0 Å². The van der Waals surface area contributed by atoms with E-state index in [4.69, 9.17) is 9.26 Å². The summed E-state index contributed by atoms with van der Waals surface area (Å²) in [5.41, 5.74) is 2.81. The minimum atomic E-state index is -0.0172. The predicted molar refractivity (Wildman–Crippen MR) is 114 cm³/mol. The normalized spacial score (nSPS) is 15.1. The monoisotopic (exact) mass is 406 g/mol. The number of likely N-dealkylation sites (tertiary alicyclic amines) is 1. The number of amides is 1. The molecule has 2 heterocycles. The number of carbonyl (C=O) groups is 1. The lowest BCUT2D eigenvalue weighted by Crippen LogP contribution is -2.37. The molecule has 7 heteroatoms. The number of carbonyl (C=O) groups excluding carboxylic acids is 1. The van der Waals surface area contributed by atoms with Crippen LogP contribution in [-0.4, -0.2) is 41.1 Å². The Hall–Kier alpha value is -3.19. The molecule has 2 aromatic carbocycles. The first-order valence-electron chi connectivity index (χ1n) is 10.2. The number of hydrogen-bond donors (Lipinski definition) is 1. The number of aryl methyl sites for hydroxylation is 1. The topological polar surface area (TPSA) is 80.5 Å². The number of methoxy groups -OCH3 is 1. The molecule has 0 saturated carbocycles. The van der Waals surface area contributed by atoms with E-state index in [1.807, 2.05) is 55.5 Å². The van der Waals surface area contributed by atoms with Gasteiger partial charge in [-0.1, -0.05) is 41.6 Å². The van der Waals surface area contributed by atoms with E-state index in [1.54, 1.807) is 7.11 Å². The van der Waals surface area contributed by atoms with Gasteiger partial charge in [-0.15, -0.1) is 0 Å². The second-order valence-electron chi connectivity index (χ2n) is 7.57. The summed E-state index contributed by atoms with van der Waals surface area (Å²) in [6.07, 6.45) is 1.58. The van der Waals surface area contributed by atoms with Gasteiger partial charge in [0, 0.05) is 11.5 Å². The zero-order valence-corrected chi connectivity index (χ0v) is 17.3. The molecule has 0 unspecified atom stereocenters. The molecular formula is C23H26N4O3. The van der Waals surface area contributed by atoms with Gasteiger partial charge in [-0.05, 0) is 50.6 Å². The average molecular weight is 406 g/mol. The Bertz CT molecular complexity index is 1010. The van der Waals surface area contributed by atoms with Crippen LogP contribution in [0.1, 0.15) is 24.3 Å². The van der Waals surface area contributed by atoms with Crippen molar-refractivity contribution >= 4 is 11.6 Å². The molecule has 1 aromatic heterocycles. The van der Waals surface area contributed by atoms with Gasteiger partial charge in [0.05, 0.1) is 19.3 Å². The van der Waals surface area contributed by atoms with Crippen LogP contribution in [0.4, 0.5) is 5.69 Å². The fourth-order valence-corrected chi connectivity index (χ4v) is 3.78. The fourth-order valence-electron chi connectivity index (χ4n) is 3.78. The van der Waals surface area contributed by atoms with Gasteiger partial charge in [-0.3, -0.25) is 9.69 Å². The smallest absolute Gasteiger partial charge is 0.241 e. The maximum absolute atomic E-state index is 12.7. The van der Waals surface area contributed by atoms with Gasteiger partial charge in [0.2, 0.25) is 17.6 Å². The Kier molecular flexibility index (Phi) is 6.09. The minimum absolute atomic E-state index is 0.0172. The molecular weight excluding hydrogens is 380 g/mol. The number of piperidine rings is 1. The SMILES string of the molecule is COc1ccccc1NC(=O)C1CCN(Cc2nc(-c3ccccc3C)no2)CC1. The summed E-state index contributed by atoms with van der Waals surface area (Å²) in [6.45, 7) is 4.25. The van der Waals surface area contributed by atoms with E-state index < -0.39 is 0 Å². The number of rotatable bonds is 6. The van der Waals surface area contributed by atoms with E-state index in [9.17, 15) is 4.79 Å². The Labute approximate surface area is 176 Å². The highest BCUT2D eigenvalue weighted by Gasteiger charge is 2.26. The van der Waals surface area contributed by atoms with Crippen LogP contribution < -0.4 is 10.1 Å². The Balaban J connectivity index is 1.31. The van der Waals surface area contributed by atoms with Gasteiger partial charge in [-0.25, -0.2) is 0 Å². The third kappa shape index (κ3) is 4.52. The van der Waals surface area contributed by atoms with E-state index in [1.165, 1.54) is 0 Å². The number of hydrogen-bond acceptors (Lipinski definition) is 6. The van der Waals surface area contributed by atoms with Crippen LogP contribution in [0.2, 0.25) is 0 Å². The van der Waals surface area contributed by atoms with Crippen molar-refractivity contribution in [3.05, 3.63) is 60.0 Å². The van der Waals surface area contributed by atoms with E-state index in [0.717, 1.165) is 37.1 Å². The van der Waals surface area contributed by atoms with E-state index in [2.05, 4.69) is 20.4 Å². The van der Waals surface area contributed by atoms with E-state index in [-0.39, 0.29) is 11.8 Å². The first-order chi connectivity index (χ1) is 14.6. The van der Waals surface area contributed by atoms with Crippen molar-refractivity contribution in [1.29, 1.82) is 0 Å². The van der Waals surface area contributed by atoms with Crippen molar-refractivity contribution in [3.63, 3.8) is 0 Å². The lowest BCUT2D eigenvalue weighted by atomic mass is 9.96. The molecule has 1 fully saturated rings. The largest absolute Gasteiger partial charge is 0.495 e.